The Balaban J connectivity index is 1.85. The van der Waals surface area contributed by atoms with E-state index in [1.807, 2.05) is 24.3 Å². The van der Waals surface area contributed by atoms with Crippen LogP contribution in [-0.4, -0.2) is 24.8 Å². The van der Waals surface area contributed by atoms with E-state index >= 15 is 0 Å². The fourth-order valence-electron chi connectivity index (χ4n) is 8.28. The number of hydrogen-bond donors (Lipinski definition) is 0. The van der Waals surface area contributed by atoms with E-state index in [1.165, 1.54) is 205 Å². The highest BCUT2D eigenvalue weighted by atomic mass is 16.5. The second-order valence-corrected chi connectivity index (χ2v) is 17.7. The number of carbonyl (C=O) groups excluding carboxylic acids is 2. The Bertz CT molecular complexity index is 1140. The van der Waals surface area contributed by atoms with Gasteiger partial charge in [0.25, 0.3) is 0 Å². The topological polar surface area (TPSA) is 52.6 Å². The summed E-state index contributed by atoms with van der Waals surface area (Å²) >= 11 is 0. The molecule has 0 aromatic heterocycles. The number of ketones is 2. The smallest absolute Gasteiger partial charge is 0.233 e. The number of ether oxygens (including phenoxy) is 2. The Hall–Kier alpha value is -2.62. The van der Waals surface area contributed by atoms with Crippen LogP contribution in [0, 0.1) is 11.8 Å². The third-order valence-electron chi connectivity index (χ3n) is 12.3. The van der Waals surface area contributed by atoms with Gasteiger partial charge in [0.05, 0.1) is 13.2 Å². The van der Waals surface area contributed by atoms with Crippen LogP contribution in [0.2, 0.25) is 0 Å². The molecule has 0 amide bonds. The summed E-state index contributed by atoms with van der Waals surface area (Å²) in [5.74, 6) is 1.68. The Kier molecular flexibility index (Phi) is 32.2. The fraction of sp³-hybridized carbons (Fsp3) is 0.741. The third-order valence-corrected chi connectivity index (χ3v) is 12.3. The molecule has 0 radical (unpaired) electrons. The quantitative estimate of drug-likeness (QED) is 0.0382. The third kappa shape index (κ3) is 25.8. The SMILES string of the molecule is CCCCCCCCCCC(CCCCCCCC)COc1ccc(C(=O)C(=O)c2ccc(OCC(CCCCCCCC)CCCCCCCCCC)cc2)cc1. The van der Waals surface area contributed by atoms with Crippen molar-refractivity contribution >= 4 is 11.6 Å². The molecule has 0 aliphatic carbocycles. The minimum atomic E-state index is -0.486. The van der Waals surface area contributed by atoms with Crippen molar-refractivity contribution < 1.29 is 19.1 Å². The summed E-state index contributed by atoms with van der Waals surface area (Å²) in [7, 11) is 0. The largest absolute Gasteiger partial charge is 0.493 e. The Morgan fingerprint density at radius 3 is 0.810 bits per heavy atom. The van der Waals surface area contributed by atoms with Crippen LogP contribution >= 0.6 is 0 Å². The highest BCUT2D eigenvalue weighted by Gasteiger charge is 2.19. The Labute approximate surface area is 358 Å². The summed E-state index contributed by atoms with van der Waals surface area (Å²) in [6.45, 7) is 10.5. The molecule has 0 aliphatic heterocycles. The van der Waals surface area contributed by atoms with Crippen LogP contribution in [0.4, 0.5) is 0 Å². The van der Waals surface area contributed by atoms with Crippen molar-refractivity contribution in [1.82, 2.24) is 0 Å². The lowest BCUT2D eigenvalue weighted by molar-refractivity contribution is 0.0817. The summed E-state index contributed by atoms with van der Waals surface area (Å²) in [5.41, 5.74) is 0.803. The number of carbonyl (C=O) groups is 2. The molecule has 0 spiro atoms. The molecule has 4 heteroatoms. The van der Waals surface area contributed by atoms with E-state index in [4.69, 9.17) is 9.47 Å². The van der Waals surface area contributed by atoms with Crippen molar-refractivity contribution in [3.8, 4) is 11.5 Å². The van der Waals surface area contributed by atoms with Crippen LogP contribution in [0.25, 0.3) is 0 Å². The zero-order valence-electron chi connectivity index (χ0n) is 38.4. The summed E-state index contributed by atoms with van der Waals surface area (Å²) in [4.78, 5) is 26.5. The second kappa shape index (κ2) is 36.2. The summed E-state index contributed by atoms with van der Waals surface area (Å²) in [6.07, 6.45) is 42.2. The van der Waals surface area contributed by atoms with E-state index in [0.717, 1.165) is 11.5 Å². The highest BCUT2D eigenvalue weighted by Crippen LogP contribution is 2.24. The van der Waals surface area contributed by atoms with Crippen LogP contribution in [0.3, 0.4) is 0 Å². The normalized spacial score (nSPS) is 12.4. The van der Waals surface area contributed by atoms with Crippen molar-refractivity contribution in [3.63, 3.8) is 0 Å². The number of benzene rings is 2. The van der Waals surface area contributed by atoms with E-state index in [-0.39, 0.29) is 0 Å². The predicted molar refractivity (Wildman–Crippen MR) is 250 cm³/mol. The molecule has 2 rings (SSSR count). The maximum absolute atomic E-state index is 13.3. The van der Waals surface area contributed by atoms with Crippen LogP contribution in [0.15, 0.2) is 48.5 Å². The van der Waals surface area contributed by atoms with Gasteiger partial charge in [-0.25, -0.2) is 0 Å². The molecule has 0 aliphatic rings. The van der Waals surface area contributed by atoms with E-state index in [9.17, 15) is 9.59 Å². The first-order valence-electron chi connectivity index (χ1n) is 25.1. The van der Waals surface area contributed by atoms with Gasteiger partial charge < -0.3 is 9.47 Å². The lowest BCUT2D eigenvalue weighted by atomic mass is 9.94. The molecule has 0 fully saturated rings. The maximum atomic E-state index is 13.3. The molecule has 0 N–H and O–H groups in total. The van der Waals surface area contributed by atoms with E-state index in [1.54, 1.807) is 24.3 Å². The second-order valence-electron chi connectivity index (χ2n) is 17.7. The molecule has 2 atom stereocenters. The number of Topliss-reactive ketones (excluding diaryl/α,β-unsaturated/α-hetero) is 2. The zero-order valence-corrected chi connectivity index (χ0v) is 38.4. The number of unbranched alkanes of at least 4 members (excludes halogenated alkanes) is 24. The number of hydrogen-bond acceptors (Lipinski definition) is 4. The van der Waals surface area contributed by atoms with Gasteiger partial charge in [-0.15, -0.1) is 0 Å². The first-order chi connectivity index (χ1) is 28.5. The van der Waals surface area contributed by atoms with E-state index in [2.05, 4.69) is 27.7 Å². The molecule has 0 saturated carbocycles. The molecule has 58 heavy (non-hydrogen) atoms. The van der Waals surface area contributed by atoms with Gasteiger partial charge in [-0.05, 0) is 86.1 Å². The monoisotopic (exact) mass is 803 g/mol. The maximum Gasteiger partial charge on any atom is 0.233 e. The molecule has 2 unspecified atom stereocenters. The molecular formula is C54H90O4. The van der Waals surface area contributed by atoms with Crippen LogP contribution in [-0.2, 0) is 0 Å². The summed E-state index contributed by atoms with van der Waals surface area (Å²) < 4.78 is 12.6. The molecule has 2 aromatic rings. The first kappa shape index (κ1) is 51.5. The van der Waals surface area contributed by atoms with E-state index in [0.29, 0.717) is 36.2 Å². The molecule has 0 saturated heterocycles. The summed E-state index contributed by atoms with van der Waals surface area (Å²) in [5, 5.41) is 0. The minimum absolute atomic E-state index is 0.402. The van der Waals surface area contributed by atoms with Gasteiger partial charge in [0, 0.05) is 11.1 Å². The van der Waals surface area contributed by atoms with Crippen molar-refractivity contribution in [2.45, 2.75) is 233 Å². The van der Waals surface area contributed by atoms with E-state index < -0.39 is 11.6 Å². The Morgan fingerprint density at radius 1 is 0.345 bits per heavy atom. The minimum Gasteiger partial charge on any atom is -0.493 e. The molecule has 0 bridgehead atoms. The van der Waals surface area contributed by atoms with Crippen molar-refractivity contribution in [2.24, 2.45) is 11.8 Å². The zero-order chi connectivity index (χ0) is 41.7. The standard InChI is InChI=1S/C54H90O4/c1-5-9-13-17-21-23-27-31-35-47(33-29-25-19-15-11-7-3)45-57-51-41-37-49(38-42-51)53(55)54(56)50-39-43-52(44-40-50)58-46-48(34-30-26-20-16-12-8-4)36-32-28-24-22-18-14-10-6-2/h37-44,47-48H,5-36,45-46H2,1-4H3. The summed E-state index contributed by atoms with van der Waals surface area (Å²) in [6, 6.07) is 14.4. The van der Waals surface area contributed by atoms with Crippen molar-refractivity contribution in [2.75, 3.05) is 13.2 Å². The van der Waals surface area contributed by atoms with Crippen LogP contribution < -0.4 is 9.47 Å². The average Bonchev–Trinajstić information content (AvgIpc) is 3.25. The van der Waals surface area contributed by atoms with Gasteiger partial charge in [0.15, 0.2) is 0 Å². The molecular weight excluding hydrogens is 713 g/mol. The Morgan fingerprint density at radius 2 is 0.569 bits per heavy atom. The van der Waals surface area contributed by atoms with Gasteiger partial charge >= 0.3 is 0 Å². The van der Waals surface area contributed by atoms with Crippen LogP contribution in [0.1, 0.15) is 254 Å². The molecule has 330 valence electrons. The highest BCUT2D eigenvalue weighted by molar-refractivity contribution is 6.49. The first-order valence-corrected chi connectivity index (χ1v) is 25.1. The fourth-order valence-corrected chi connectivity index (χ4v) is 8.28. The van der Waals surface area contributed by atoms with Crippen molar-refractivity contribution in [1.29, 1.82) is 0 Å². The lowest BCUT2D eigenvalue weighted by Gasteiger charge is -2.18. The lowest BCUT2D eigenvalue weighted by Crippen LogP contribution is -2.15. The average molecular weight is 803 g/mol. The van der Waals surface area contributed by atoms with Crippen molar-refractivity contribution in [3.05, 3.63) is 59.7 Å². The molecule has 0 heterocycles. The van der Waals surface area contributed by atoms with Gasteiger partial charge in [0.2, 0.25) is 11.6 Å². The molecule has 2 aromatic carbocycles. The number of rotatable bonds is 41. The van der Waals surface area contributed by atoms with Gasteiger partial charge in [0.1, 0.15) is 11.5 Å². The van der Waals surface area contributed by atoms with Crippen LogP contribution in [0.5, 0.6) is 11.5 Å². The van der Waals surface area contributed by atoms with Gasteiger partial charge in [-0.1, -0.05) is 207 Å². The molecule has 4 nitrogen and oxygen atoms in total. The van der Waals surface area contributed by atoms with Gasteiger partial charge in [-0.2, -0.15) is 0 Å². The van der Waals surface area contributed by atoms with Gasteiger partial charge in [-0.3, -0.25) is 9.59 Å². The predicted octanol–water partition coefficient (Wildman–Crippen LogP) is 17.3.